The maximum atomic E-state index is 13.9. The van der Waals surface area contributed by atoms with Gasteiger partial charge >= 0.3 is 113 Å². The zero-order valence-electron chi connectivity index (χ0n) is 25.8. The fraction of sp³-hybridized carbons (Fsp3) is 0.952. The van der Waals surface area contributed by atoms with Gasteiger partial charge in [0.15, 0.2) is 0 Å². The van der Waals surface area contributed by atoms with Crippen molar-refractivity contribution in [3.63, 3.8) is 0 Å². The Balaban J connectivity index is 7.93. The highest BCUT2D eigenvalue weighted by Crippen LogP contribution is 2.71. The van der Waals surface area contributed by atoms with Crippen molar-refractivity contribution >= 4 is 0 Å². The van der Waals surface area contributed by atoms with Crippen LogP contribution in [0.4, 0.5) is 171 Å². The van der Waals surface area contributed by atoms with Crippen molar-refractivity contribution in [2.75, 3.05) is 0 Å². The van der Waals surface area contributed by atoms with Crippen LogP contribution in [-0.2, 0) is 0 Å². The lowest BCUT2D eigenvalue weighted by Crippen LogP contribution is -2.80. The van der Waals surface area contributed by atoms with Crippen LogP contribution >= 0.6 is 0 Å². The zero-order valence-corrected chi connectivity index (χ0v) is 25.8. The topological polar surface area (TPSA) is 0 Å². The summed E-state index contributed by atoms with van der Waals surface area (Å²) in [5.74, 6) is -176. The number of halogens is 39. The van der Waals surface area contributed by atoms with Crippen LogP contribution in [0.15, 0.2) is 0 Å². The standard InChI is InChI=1S/C21H4F39/c1-2-3(22,23)4(24,25)5(26,27)6(28,29)7(30,31)8(32,33)9(34,35)10(36,37)11(38,39)12(40,41)13(42,43)14(44,45)15(46,47)16(48,49)17(50,51)18(52,53)19(54,55)20(56,57)21(58,59)60/h2H,1H3. The molecule has 0 heterocycles. The van der Waals surface area contributed by atoms with Crippen molar-refractivity contribution in [2.24, 2.45) is 0 Å². The number of hydrogen-bond donors (Lipinski definition) is 0. The number of rotatable bonds is 18. The molecule has 0 fully saturated rings. The molecule has 0 aliphatic heterocycles. The van der Waals surface area contributed by atoms with Gasteiger partial charge in [-0.15, -0.1) is 0 Å². The molecule has 0 N–H and O–H groups in total. The lowest BCUT2D eigenvalue weighted by Gasteiger charge is -2.47. The Morgan fingerprint density at radius 2 is 0.267 bits per heavy atom. The van der Waals surface area contributed by atoms with Gasteiger partial charge in [-0.1, -0.05) is 6.92 Å². The molecule has 0 spiro atoms. The van der Waals surface area contributed by atoms with E-state index in [-0.39, 0.29) is 0 Å². The molecule has 361 valence electrons. The van der Waals surface area contributed by atoms with Crippen molar-refractivity contribution in [3.05, 3.63) is 6.42 Å². The first-order chi connectivity index (χ1) is 25.1. The molecule has 0 saturated carbocycles. The van der Waals surface area contributed by atoms with Gasteiger partial charge in [0.05, 0.1) is 0 Å². The highest BCUT2D eigenvalue weighted by molar-refractivity contribution is 5.23. The minimum atomic E-state index is -10.5. The molecule has 0 unspecified atom stereocenters. The monoisotopic (exact) mass is 997 g/mol. The van der Waals surface area contributed by atoms with Crippen LogP contribution in [0.1, 0.15) is 6.92 Å². The third-order valence-corrected chi connectivity index (χ3v) is 7.45. The molecule has 1 radical (unpaired) electrons. The van der Waals surface area contributed by atoms with Crippen molar-refractivity contribution in [3.8, 4) is 0 Å². The first-order valence-electron chi connectivity index (χ1n) is 12.7. The van der Waals surface area contributed by atoms with E-state index in [9.17, 15) is 171 Å². The van der Waals surface area contributed by atoms with Gasteiger partial charge < -0.3 is 0 Å². The summed E-state index contributed by atoms with van der Waals surface area (Å²) < 4.78 is 527. The van der Waals surface area contributed by atoms with E-state index < -0.39 is 126 Å². The minimum absolute atomic E-state index is 0.624. The van der Waals surface area contributed by atoms with Crippen LogP contribution < -0.4 is 0 Å². The first kappa shape index (κ1) is 57.3. The largest absolute Gasteiger partial charge is 0.460 e. The van der Waals surface area contributed by atoms with Crippen LogP contribution in [0.2, 0.25) is 0 Å². The van der Waals surface area contributed by atoms with Crippen molar-refractivity contribution < 1.29 is 171 Å². The lowest BCUT2D eigenvalue weighted by atomic mass is 9.82. The summed E-state index contributed by atoms with van der Waals surface area (Å²) in [5.41, 5.74) is 0. The molecule has 0 aromatic carbocycles. The molecule has 0 amide bonds. The Morgan fingerprint density at radius 1 is 0.167 bits per heavy atom. The number of hydrogen-bond acceptors (Lipinski definition) is 0. The van der Waals surface area contributed by atoms with E-state index >= 15 is 0 Å². The summed E-state index contributed by atoms with van der Waals surface area (Å²) >= 11 is 0. The van der Waals surface area contributed by atoms with Gasteiger partial charge in [-0.25, -0.2) is 0 Å². The van der Waals surface area contributed by atoms with E-state index in [0.717, 1.165) is 0 Å². The second-order valence-electron chi connectivity index (χ2n) is 11.2. The Morgan fingerprint density at radius 3 is 0.367 bits per heavy atom. The molecule has 0 aromatic rings. The molecule has 0 rings (SSSR count). The fourth-order valence-corrected chi connectivity index (χ4v) is 3.53. The number of alkyl halides is 39. The summed E-state index contributed by atoms with van der Waals surface area (Å²) in [7, 11) is 0. The molecule has 0 aromatic heterocycles. The summed E-state index contributed by atoms with van der Waals surface area (Å²) in [5, 5.41) is 0. The first-order valence-corrected chi connectivity index (χ1v) is 12.7. The smallest absolute Gasteiger partial charge is 0.199 e. The summed E-state index contributed by atoms with van der Waals surface area (Å²) in [6, 6.07) is 0. The summed E-state index contributed by atoms with van der Waals surface area (Å²) in [6.07, 6.45) is -10.2. The predicted octanol–water partition coefficient (Wildman–Crippen LogP) is 13.2. The molecule has 0 atom stereocenters. The van der Waals surface area contributed by atoms with Crippen molar-refractivity contribution in [1.82, 2.24) is 0 Å². The summed E-state index contributed by atoms with van der Waals surface area (Å²) in [4.78, 5) is 0. The Labute approximate surface area is 298 Å². The quantitative estimate of drug-likeness (QED) is 0.120. The maximum absolute atomic E-state index is 13.9. The second kappa shape index (κ2) is 13.6. The van der Waals surface area contributed by atoms with Gasteiger partial charge in [-0.2, -0.15) is 171 Å². The molecule has 39 heteroatoms. The normalized spacial score (nSPS) is 17.4. The third-order valence-electron chi connectivity index (χ3n) is 7.45. The Hall–Kier alpha value is -2.73. The van der Waals surface area contributed by atoms with Gasteiger partial charge in [0.25, 0.3) is 0 Å². The summed E-state index contributed by atoms with van der Waals surface area (Å²) in [6.45, 7) is -0.624. The van der Waals surface area contributed by atoms with Gasteiger partial charge in [0, 0.05) is 6.42 Å². The second-order valence-corrected chi connectivity index (χ2v) is 11.2. The minimum Gasteiger partial charge on any atom is -0.199 e. The maximum Gasteiger partial charge on any atom is 0.460 e. The van der Waals surface area contributed by atoms with Crippen molar-refractivity contribution in [2.45, 2.75) is 120 Å². The molecule has 60 heavy (non-hydrogen) atoms. The average Bonchev–Trinajstić information content (AvgIpc) is 3.02. The van der Waals surface area contributed by atoms with Crippen molar-refractivity contribution in [1.29, 1.82) is 0 Å². The molecule has 0 bridgehead atoms. The van der Waals surface area contributed by atoms with Gasteiger partial charge in [-0.05, 0) is 0 Å². The van der Waals surface area contributed by atoms with E-state index in [2.05, 4.69) is 0 Å². The van der Waals surface area contributed by atoms with Crippen LogP contribution in [-0.4, -0.2) is 113 Å². The van der Waals surface area contributed by atoms with Crippen LogP contribution in [0, 0.1) is 6.42 Å². The van der Waals surface area contributed by atoms with Gasteiger partial charge in [0.1, 0.15) is 0 Å². The molecule has 0 nitrogen and oxygen atoms in total. The third kappa shape index (κ3) is 6.18. The molecule has 0 aliphatic carbocycles. The van der Waals surface area contributed by atoms with Gasteiger partial charge in [0.2, 0.25) is 0 Å². The van der Waals surface area contributed by atoms with Crippen LogP contribution in [0.5, 0.6) is 0 Å². The predicted molar refractivity (Wildman–Crippen MR) is 105 cm³/mol. The van der Waals surface area contributed by atoms with E-state index in [1.807, 2.05) is 0 Å². The Bertz CT molecular complexity index is 1550. The Kier molecular flexibility index (Phi) is 13.0. The molecular formula is C21H4F39. The highest BCUT2D eigenvalue weighted by atomic mass is 19.4. The van der Waals surface area contributed by atoms with E-state index in [0.29, 0.717) is 0 Å². The van der Waals surface area contributed by atoms with E-state index in [1.165, 1.54) is 0 Å². The lowest BCUT2D eigenvalue weighted by molar-refractivity contribution is -0.494. The molecular weight excluding hydrogens is 993 g/mol. The van der Waals surface area contributed by atoms with E-state index in [1.54, 1.807) is 0 Å². The van der Waals surface area contributed by atoms with E-state index in [4.69, 9.17) is 0 Å². The fourth-order valence-electron chi connectivity index (χ4n) is 3.53. The molecule has 0 aliphatic rings. The molecule has 0 saturated heterocycles. The van der Waals surface area contributed by atoms with Crippen LogP contribution in [0.3, 0.4) is 0 Å². The van der Waals surface area contributed by atoms with Crippen LogP contribution in [0.25, 0.3) is 0 Å². The van der Waals surface area contributed by atoms with Gasteiger partial charge in [-0.3, -0.25) is 0 Å². The SMILES string of the molecule is C[CH]C(F)(F)C(F)(F)C(F)(F)C(F)(F)C(F)(F)C(F)(F)C(F)(F)C(F)(F)C(F)(F)C(F)(F)C(F)(F)C(F)(F)C(F)(F)C(F)(F)C(F)(F)C(F)(F)C(F)(F)C(F)(F)C(F)(F)F. The zero-order chi connectivity index (χ0) is 50.2. The average molecular weight is 997 g/mol. The highest BCUT2D eigenvalue weighted by Gasteiger charge is 3.03.